The first-order valence-corrected chi connectivity index (χ1v) is 8.63. The van der Waals surface area contributed by atoms with Crippen LogP contribution >= 0.6 is 43.5 Å². The van der Waals surface area contributed by atoms with Crippen molar-refractivity contribution in [3.63, 3.8) is 0 Å². The number of hydrogen-bond donors (Lipinski definition) is 0. The number of benzene rings is 2. The summed E-state index contributed by atoms with van der Waals surface area (Å²) in [6.07, 6.45) is 1.67. The molecule has 20 heavy (non-hydrogen) atoms. The Balaban J connectivity index is 2.14. The average molecular weight is 421 g/mol. The van der Waals surface area contributed by atoms with E-state index >= 15 is 0 Å². The van der Waals surface area contributed by atoms with Crippen molar-refractivity contribution in [2.24, 2.45) is 5.92 Å². The number of hydrogen-bond acceptors (Lipinski definition) is 0. The highest BCUT2D eigenvalue weighted by Gasteiger charge is 2.14. The Labute approximate surface area is 140 Å². The van der Waals surface area contributed by atoms with Crippen LogP contribution in [0.1, 0.15) is 11.1 Å². The Kier molecular flexibility index (Phi) is 6.06. The molecule has 0 saturated carbocycles. The molecule has 2 aromatic carbocycles. The summed E-state index contributed by atoms with van der Waals surface area (Å²) in [6.45, 7) is 0. The first kappa shape index (κ1) is 16.0. The van der Waals surface area contributed by atoms with Crippen LogP contribution in [0.15, 0.2) is 46.9 Å². The minimum absolute atomic E-state index is 0.241. The second kappa shape index (κ2) is 7.58. The van der Waals surface area contributed by atoms with Gasteiger partial charge in [-0.25, -0.2) is 4.39 Å². The zero-order valence-electron chi connectivity index (χ0n) is 10.8. The van der Waals surface area contributed by atoms with Crippen molar-refractivity contribution in [2.75, 3.05) is 5.33 Å². The molecule has 0 radical (unpaired) electrons. The summed E-state index contributed by atoms with van der Waals surface area (Å²) in [6, 6.07) is 13.2. The van der Waals surface area contributed by atoms with Crippen molar-refractivity contribution >= 4 is 43.5 Å². The Morgan fingerprint density at radius 1 is 1.00 bits per heavy atom. The third-order valence-electron chi connectivity index (χ3n) is 3.22. The number of alkyl halides is 1. The highest BCUT2D eigenvalue weighted by Crippen LogP contribution is 2.26. The maximum absolute atomic E-state index is 13.5. The molecule has 0 aliphatic heterocycles. The fourth-order valence-electron chi connectivity index (χ4n) is 2.17. The smallest absolute Gasteiger partial charge is 0.142 e. The average Bonchev–Trinajstić information content (AvgIpc) is 2.45. The second-order valence-electron chi connectivity index (χ2n) is 4.73. The maximum atomic E-state index is 13.5. The van der Waals surface area contributed by atoms with Crippen LogP contribution in [0.4, 0.5) is 4.39 Å². The van der Waals surface area contributed by atoms with Gasteiger partial charge in [0.1, 0.15) is 5.82 Å². The molecule has 0 saturated heterocycles. The third-order valence-corrected chi connectivity index (χ3v) is 5.34. The molecule has 0 spiro atoms. The first-order chi connectivity index (χ1) is 9.61. The van der Waals surface area contributed by atoms with Crippen LogP contribution in [-0.2, 0) is 12.8 Å². The molecule has 0 N–H and O–H groups in total. The molecule has 1 atom stereocenters. The molecule has 0 aromatic heterocycles. The Morgan fingerprint density at radius 3 is 2.35 bits per heavy atom. The van der Waals surface area contributed by atoms with E-state index in [1.54, 1.807) is 6.07 Å². The van der Waals surface area contributed by atoms with Crippen LogP contribution in [0.3, 0.4) is 0 Å². The highest BCUT2D eigenvalue weighted by molar-refractivity contribution is 9.10. The normalized spacial score (nSPS) is 12.4. The Bertz CT molecular complexity index is 586. The van der Waals surface area contributed by atoms with Gasteiger partial charge >= 0.3 is 0 Å². The maximum Gasteiger partial charge on any atom is 0.142 e. The van der Waals surface area contributed by atoms with Crippen molar-refractivity contribution in [2.45, 2.75) is 12.8 Å². The lowest BCUT2D eigenvalue weighted by molar-refractivity contribution is 0.582. The van der Waals surface area contributed by atoms with Gasteiger partial charge in [0.05, 0.1) is 5.02 Å². The van der Waals surface area contributed by atoms with E-state index in [1.807, 2.05) is 24.3 Å². The van der Waals surface area contributed by atoms with E-state index in [9.17, 15) is 4.39 Å². The molecule has 0 bridgehead atoms. The Hall–Kier alpha value is -0.380. The van der Waals surface area contributed by atoms with E-state index in [0.717, 1.165) is 28.2 Å². The molecule has 0 heterocycles. The van der Waals surface area contributed by atoms with Gasteiger partial charge in [0, 0.05) is 9.80 Å². The summed E-state index contributed by atoms with van der Waals surface area (Å²) in [5, 5.41) is 1.09. The van der Waals surface area contributed by atoms with Gasteiger partial charge < -0.3 is 0 Å². The predicted octanol–water partition coefficient (Wildman–Crippen LogP) is 6.04. The molecular weight excluding hydrogens is 406 g/mol. The standard InChI is InChI=1S/C16H14Br2ClF/c17-10-11(8-12-4-1-2-6-14(12)18)9-13-5-3-7-15(20)16(13)19/h1-7,11H,8-10H2. The van der Waals surface area contributed by atoms with Crippen molar-refractivity contribution in [1.29, 1.82) is 0 Å². The molecule has 4 heteroatoms. The fraction of sp³-hybridized carbons (Fsp3) is 0.250. The lowest BCUT2D eigenvalue weighted by Crippen LogP contribution is -2.11. The Morgan fingerprint density at radius 2 is 1.65 bits per heavy atom. The van der Waals surface area contributed by atoms with Gasteiger partial charge in [-0.05, 0) is 42.0 Å². The van der Waals surface area contributed by atoms with Gasteiger partial charge in [0.15, 0.2) is 0 Å². The zero-order chi connectivity index (χ0) is 14.5. The molecule has 0 nitrogen and oxygen atoms in total. The van der Waals surface area contributed by atoms with E-state index in [1.165, 1.54) is 11.6 Å². The lowest BCUT2D eigenvalue weighted by Gasteiger charge is -2.16. The molecule has 0 aliphatic carbocycles. The van der Waals surface area contributed by atoms with E-state index < -0.39 is 0 Å². The fourth-order valence-corrected chi connectivity index (χ4v) is 3.28. The minimum atomic E-state index is -0.349. The largest absolute Gasteiger partial charge is 0.205 e. The van der Waals surface area contributed by atoms with Crippen LogP contribution < -0.4 is 0 Å². The van der Waals surface area contributed by atoms with E-state index in [0.29, 0.717) is 5.92 Å². The summed E-state index contributed by atoms with van der Waals surface area (Å²) < 4.78 is 14.6. The molecule has 0 fully saturated rings. The van der Waals surface area contributed by atoms with Gasteiger partial charge in [-0.2, -0.15) is 0 Å². The topological polar surface area (TPSA) is 0 Å². The van der Waals surface area contributed by atoms with Crippen molar-refractivity contribution in [3.8, 4) is 0 Å². The predicted molar refractivity (Wildman–Crippen MR) is 90.2 cm³/mol. The van der Waals surface area contributed by atoms with Crippen LogP contribution in [-0.4, -0.2) is 5.33 Å². The lowest BCUT2D eigenvalue weighted by atomic mass is 9.94. The SMILES string of the molecule is Fc1cccc(CC(CBr)Cc2ccccc2Br)c1Cl. The van der Waals surface area contributed by atoms with Gasteiger partial charge in [-0.3, -0.25) is 0 Å². The van der Waals surface area contributed by atoms with Crippen molar-refractivity contribution < 1.29 is 4.39 Å². The van der Waals surface area contributed by atoms with Crippen LogP contribution in [0.25, 0.3) is 0 Å². The summed E-state index contributed by atoms with van der Waals surface area (Å²) in [7, 11) is 0. The molecule has 0 aliphatic rings. The van der Waals surface area contributed by atoms with Crippen LogP contribution in [0, 0.1) is 11.7 Å². The molecule has 1 unspecified atom stereocenters. The van der Waals surface area contributed by atoms with Gasteiger partial charge in [0.2, 0.25) is 0 Å². The quantitative estimate of drug-likeness (QED) is 0.518. The highest BCUT2D eigenvalue weighted by atomic mass is 79.9. The van der Waals surface area contributed by atoms with E-state index in [2.05, 4.69) is 37.9 Å². The van der Waals surface area contributed by atoms with E-state index in [4.69, 9.17) is 11.6 Å². The van der Waals surface area contributed by atoms with Crippen molar-refractivity contribution in [1.82, 2.24) is 0 Å². The minimum Gasteiger partial charge on any atom is -0.205 e. The van der Waals surface area contributed by atoms with Gasteiger partial charge in [-0.1, -0.05) is 73.8 Å². The van der Waals surface area contributed by atoms with Crippen LogP contribution in [0.5, 0.6) is 0 Å². The molecule has 2 aromatic rings. The molecule has 0 amide bonds. The second-order valence-corrected chi connectivity index (χ2v) is 6.61. The van der Waals surface area contributed by atoms with E-state index in [-0.39, 0.29) is 10.8 Å². The van der Waals surface area contributed by atoms with Gasteiger partial charge in [-0.15, -0.1) is 0 Å². The molecular formula is C16H14Br2ClF. The summed E-state index contributed by atoms with van der Waals surface area (Å²) in [5.41, 5.74) is 2.12. The monoisotopic (exact) mass is 418 g/mol. The van der Waals surface area contributed by atoms with Gasteiger partial charge in [0.25, 0.3) is 0 Å². The van der Waals surface area contributed by atoms with Crippen molar-refractivity contribution in [3.05, 3.63) is 68.9 Å². The zero-order valence-corrected chi connectivity index (χ0v) is 14.7. The summed E-state index contributed by atoms with van der Waals surface area (Å²) >= 11 is 13.1. The third kappa shape index (κ3) is 4.06. The van der Waals surface area contributed by atoms with Crippen LogP contribution in [0.2, 0.25) is 5.02 Å². The molecule has 106 valence electrons. The summed E-state index contributed by atoms with van der Waals surface area (Å²) in [5.74, 6) is 0.0198. The molecule has 2 rings (SSSR count). The first-order valence-electron chi connectivity index (χ1n) is 6.34. The number of halogens is 4. The summed E-state index contributed by atoms with van der Waals surface area (Å²) in [4.78, 5) is 0. The number of rotatable bonds is 5.